The Bertz CT molecular complexity index is 672. The van der Waals surface area contributed by atoms with E-state index in [1.807, 2.05) is 0 Å². The molecule has 0 aliphatic rings. The summed E-state index contributed by atoms with van der Waals surface area (Å²) in [4.78, 5) is 8.25. The number of hydrogen-bond donors (Lipinski definition) is 1. The van der Waals surface area contributed by atoms with Gasteiger partial charge >= 0.3 is 0 Å². The van der Waals surface area contributed by atoms with Gasteiger partial charge in [0, 0.05) is 12.8 Å². The van der Waals surface area contributed by atoms with E-state index >= 15 is 0 Å². The normalized spacial score (nSPS) is 11.3. The summed E-state index contributed by atoms with van der Waals surface area (Å²) in [5, 5.41) is 3.37. The number of rotatable bonds is 4. The topological polar surface area (TPSA) is 72.0 Å². The van der Waals surface area contributed by atoms with Crippen LogP contribution in [0.5, 0.6) is 0 Å². The second-order valence-corrected chi connectivity index (χ2v) is 6.40. The smallest absolute Gasteiger partial charge is 0.175 e. The van der Waals surface area contributed by atoms with Gasteiger partial charge in [0.2, 0.25) is 0 Å². The average molecular weight is 298 g/mol. The van der Waals surface area contributed by atoms with Crippen molar-refractivity contribution >= 4 is 27.3 Å². The molecular formula is C12H12ClN3O2S. The SMILES string of the molecule is CS(=O)(=O)c1ccc(CNc2cncc(Cl)n2)cc1. The van der Waals surface area contributed by atoms with Gasteiger partial charge in [-0.05, 0) is 17.7 Å². The summed E-state index contributed by atoms with van der Waals surface area (Å²) in [6.07, 6.45) is 4.20. The van der Waals surface area contributed by atoms with E-state index in [2.05, 4.69) is 15.3 Å². The monoisotopic (exact) mass is 297 g/mol. The Morgan fingerprint density at radius 3 is 2.47 bits per heavy atom. The molecule has 0 saturated carbocycles. The van der Waals surface area contributed by atoms with Crippen molar-refractivity contribution in [2.45, 2.75) is 11.4 Å². The van der Waals surface area contributed by atoms with Gasteiger partial charge in [-0.3, -0.25) is 4.98 Å². The van der Waals surface area contributed by atoms with E-state index in [0.29, 0.717) is 22.4 Å². The van der Waals surface area contributed by atoms with Crippen LogP contribution in [0.3, 0.4) is 0 Å². The Hall–Kier alpha value is -1.66. The third kappa shape index (κ3) is 3.90. The molecule has 0 aliphatic heterocycles. The van der Waals surface area contributed by atoms with Crippen molar-refractivity contribution in [3.05, 3.63) is 47.4 Å². The Labute approximate surface area is 116 Å². The molecule has 1 heterocycles. The molecule has 2 aromatic rings. The van der Waals surface area contributed by atoms with Crippen molar-refractivity contribution in [2.24, 2.45) is 0 Å². The Kier molecular flexibility index (Phi) is 4.01. The Balaban J connectivity index is 2.05. The minimum absolute atomic E-state index is 0.304. The lowest BCUT2D eigenvalue weighted by molar-refractivity contribution is 0.602. The fourth-order valence-corrected chi connectivity index (χ4v) is 2.25. The zero-order chi connectivity index (χ0) is 13.9. The van der Waals surface area contributed by atoms with Gasteiger partial charge in [-0.25, -0.2) is 13.4 Å². The summed E-state index contributed by atoms with van der Waals surface area (Å²) in [5.41, 5.74) is 0.939. The number of sulfone groups is 1. The minimum atomic E-state index is -3.15. The molecule has 0 spiro atoms. The van der Waals surface area contributed by atoms with Crippen LogP contribution in [-0.2, 0) is 16.4 Å². The van der Waals surface area contributed by atoms with Gasteiger partial charge in [-0.1, -0.05) is 23.7 Å². The highest BCUT2D eigenvalue weighted by Crippen LogP contribution is 2.12. The van der Waals surface area contributed by atoms with Crippen molar-refractivity contribution in [3.8, 4) is 0 Å². The first kappa shape index (κ1) is 13.8. The number of aromatic nitrogens is 2. The lowest BCUT2D eigenvalue weighted by atomic mass is 10.2. The van der Waals surface area contributed by atoms with Crippen molar-refractivity contribution < 1.29 is 8.42 Å². The van der Waals surface area contributed by atoms with Crippen LogP contribution in [-0.4, -0.2) is 24.6 Å². The van der Waals surface area contributed by atoms with Crippen LogP contribution in [0.4, 0.5) is 5.82 Å². The summed E-state index contributed by atoms with van der Waals surface area (Å²) in [7, 11) is -3.15. The molecule has 0 bridgehead atoms. The van der Waals surface area contributed by atoms with Gasteiger partial charge in [0.15, 0.2) is 9.84 Å². The molecule has 1 aromatic carbocycles. The molecule has 100 valence electrons. The standard InChI is InChI=1S/C12H12ClN3O2S/c1-19(17,18)10-4-2-9(3-5-10)6-15-12-8-14-7-11(13)16-12/h2-5,7-8H,6H2,1H3,(H,15,16). The molecule has 19 heavy (non-hydrogen) atoms. The highest BCUT2D eigenvalue weighted by molar-refractivity contribution is 7.90. The molecule has 1 N–H and O–H groups in total. The third-order valence-corrected chi connectivity index (χ3v) is 3.74. The second-order valence-electron chi connectivity index (χ2n) is 4.00. The van der Waals surface area contributed by atoms with Crippen LogP contribution in [0.25, 0.3) is 0 Å². The van der Waals surface area contributed by atoms with Gasteiger partial charge in [0.05, 0.1) is 17.3 Å². The maximum Gasteiger partial charge on any atom is 0.175 e. The molecule has 5 nitrogen and oxygen atoms in total. The Morgan fingerprint density at radius 2 is 1.89 bits per heavy atom. The molecule has 0 atom stereocenters. The third-order valence-electron chi connectivity index (χ3n) is 2.43. The van der Waals surface area contributed by atoms with Crippen LogP contribution in [0, 0.1) is 0 Å². The highest BCUT2D eigenvalue weighted by atomic mass is 35.5. The average Bonchev–Trinajstić information content (AvgIpc) is 2.36. The number of anilines is 1. The summed E-state index contributed by atoms with van der Waals surface area (Å²) >= 11 is 5.72. The maximum atomic E-state index is 11.3. The predicted octanol–water partition coefficient (Wildman–Crippen LogP) is 2.15. The molecule has 7 heteroatoms. The quantitative estimate of drug-likeness (QED) is 0.936. The molecule has 0 unspecified atom stereocenters. The number of halogens is 1. The number of nitrogens with one attached hydrogen (secondary N) is 1. The van der Waals surface area contributed by atoms with E-state index in [1.54, 1.807) is 30.5 Å². The number of nitrogens with zero attached hydrogens (tertiary/aromatic N) is 2. The van der Waals surface area contributed by atoms with E-state index in [9.17, 15) is 8.42 Å². The van der Waals surface area contributed by atoms with Crippen molar-refractivity contribution in [2.75, 3.05) is 11.6 Å². The first-order valence-corrected chi connectivity index (χ1v) is 7.72. The van der Waals surface area contributed by atoms with E-state index in [1.165, 1.54) is 12.5 Å². The fourth-order valence-electron chi connectivity index (χ4n) is 1.47. The zero-order valence-electron chi connectivity index (χ0n) is 10.2. The predicted molar refractivity (Wildman–Crippen MR) is 73.9 cm³/mol. The molecule has 1 aromatic heterocycles. The van der Waals surface area contributed by atoms with Crippen LogP contribution in [0.15, 0.2) is 41.6 Å². The van der Waals surface area contributed by atoms with E-state index in [0.717, 1.165) is 5.56 Å². The van der Waals surface area contributed by atoms with E-state index < -0.39 is 9.84 Å². The zero-order valence-corrected chi connectivity index (χ0v) is 11.7. The summed E-state index contributed by atoms with van der Waals surface area (Å²) in [6, 6.07) is 6.66. The van der Waals surface area contributed by atoms with Gasteiger partial charge in [0.25, 0.3) is 0 Å². The molecule has 0 fully saturated rings. The Morgan fingerprint density at radius 1 is 1.21 bits per heavy atom. The number of benzene rings is 1. The van der Waals surface area contributed by atoms with Crippen molar-refractivity contribution in [1.82, 2.24) is 9.97 Å². The molecule has 0 saturated heterocycles. The van der Waals surface area contributed by atoms with Crippen molar-refractivity contribution in [1.29, 1.82) is 0 Å². The molecule has 2 rings (SSSR count). The summed E-state index contributed by atoms with van der Waals surface area (Å²) in [5.74, 6) is 0.569. The van der Waals surface area contributed by atoms with Gasteiger partial charge in [-0.15, -0.1) is 0 Å². The lowest BCUT2D eigenvalue weighted by Crippen LogP contribution is -2.03. The highest BCUT2D eigenvalue weighted by Gasteiger charge is 2.06. The van der Waals surface area contributed by atoms with Crippen LogP contribution < -0.4 is 5.32 Å². The van der Waals surface area contributed by atoms with Crippen LogP contribution >= 0.6 is 11.6 Å². The minimum Gasteiger partial charge on any atom is -0.365 e. The molecule has 0 radical (unpaired) electrons. The second kappa shape index (κ2) is 5.54. The van der Waals surface area contributed by atoms with Gasteiger partial charge < -0.3 is 5.32 Å². The molecular weight excluding hydrogens is 286 g/mol. The van der Waals surface area contributed by atoms with Crippen LogP contribution in [0.2, 0.25) is 5.15 Å². The maximum absolute atomic E-state index is 11.3. The first-order valence-electron chi connectivity index (χ1n) is 5.45. The summed E-state index contributed by atoms with van der Waals surface area (Å²) < 4.78 is 22.6. The first-order chi connectivity index (χ1) is 8.95. The van der Waals surface area contributed by atoms with Crippen molar-refractivity contribution in [3.63, 3.8) is 0 Å². The van der Waals surface area contributed by atoms with Gasteiger partial charge in [-0.2, -0.15) is 0 Å². The molecule has 0 amide bonds. The van der Waals surface area contributed by atoms with E-state index in [-0.39, 0.29) is 0 Å². The number of hydrogen-bond acceptors (Lipinski definition) is 5. The molecule has 0 aliphatic carbocycles. The lowest BCUT2D eigenvalue weighted by Gasteiger charge is -2.06. The fraction of sp³-hybridized carbons (Fsp3) is 0.167. The summed E-state index contributed by atoms with van der Waals surface area (Å²) in [6.45, 7) is 0.513. The van der Waals surface area contributed by atoms with E-state index in [4.69, 9.17) is 11.6 Å². The largest absolute Gasteiger partial charge is 0.365 e. The van der Waals surface area contributed by atoms with Gasteiger partial charge in [0.1, 0.15) is 11.0 Å². The van der Waals surface area contributed by atoms with Crippen LogP contribution in [0.1, 0.15) is 5.56 Å².